The van der Waals surface area contributed by atoms with Gasteiger partial charge in [0.2, 0.25) is 0 Å². The van der Waals surface area contributed by atoms with Gasteiger partial charge in [0.1, 0.15) is 24.1 Å². The van der Waals surface area contributed by atoms with Gasteiger partial charge < -0.3 is 14.2 Å². The van der Waals surface area contributed by atoms with Gasteiger partial charge in [0.15, 0.2) is 4.80 Å². The molecule has 0 fully saturated rings. The summed E-state index contributed by atoms with van der Waals surface area (Å²) in [5.41, 5.74) is 2.99. The van der Waals surface area contributed by atoms with Crippen molar-refractivity contribution in [3.8, 4) is 11.5 Å². The van der Waals surface area contributed by atoms with Gasteiger partial charge in [-0.05, 0) is 91.2 Å². The lowest BCUT2D eigenvalue weighted by Crippen LogP contribution is -2.40. The molecule has 0 spiro atoms. The van der Waals surface area contributed by atoms with E-state index in [1.54, 1.807) is 18.4 Å². The molecule has 0 saturated heterocycles. The van der Waals surface area contributed by atoms with Crippen LogP contribution >= 0.6 is 38.9 Å². The van der Waals surface area contributed by atoms with Crippen molar-refractivity contribution >= 4 is 50.9 Å². The average molecular weight is 682 g/mol. The minimum Gasteiger partial charge on any atom is -0.491 e. The molecule has 0 radical (unpaired) electrons. The zero-order chi connectivity index (χ0) is 30.7. The molecule has 0 saturated carbocycles. The van der Waals surface area contributed by atoms with Crippen molar-refractivity contribution in [3.05, 3.63) is 124 Å². The summed E-state index contributed by atoms with van der Waals surface area (Å²) in [6.45, 7) is 7.94. The van der Waals surface area contributed by atoms with Crippen LogP contribution in [0.4, 0.5) is 0 Å². The Morgan fingerprint density at radius 3 is 2.63 bits per heavy atom. The number of benzene rings is 3. The number of carbonyl (C=O) groups excluding carboxylic acids is 1. The second-order valence-corrected chi connectivity index (χ2v) is 12.4. The molecule has 0 bridgehead atoms. The maximum absolute atomic E-state index is 14.0. The number of aromatic nitrogens is 1. The Hall–Kier alpha value is -3.66. The summed E-state index contributed by atoms with van der Waals surface area (Å²) in [4.78, 5) is 32.4. The first-order valence-electron chi connectivity index (χ1n) is 13.8. The van der Waals surface area contributed by atoms with E-state index in [1.807, 2.05) is 86.7 Å². The molecule has 0 aliphatic carbocycles. The summed E-state index contributed by atoms with van der Waals surface area (Å²) in [6, 6.07) is 19.8. The van der Waals surface area contributed by atoms with E-state index >= 15 is 0 Å². The molecule has 1 aliphatic heterocycles. The third kappa shape index (κ3) is 6.79. The van der Waals surface area contributed by atoms with Crippen molar-refractivity contribution in [3.63, 3.8) is 0 Å². The fourth-order valence-electron chi connectivity index (χ4n) is 4.82. The lowest BCUT2D eigenvalue weighted by atomic mass is 9.95. The topological polar surface area (TPSA) is 79.1 Å². The van der Waals surface area contributed by atoms with Crippen LogP contribution in [-0.2, 0) is 16.1 Å². The van der Waals surface area contributed by atoms with Crippen LogP contribution in [0.3, 0.4) is 0 Å². The number of rotatable bonds is 9. The summed E-state index contributed by atoms with van der Waals surface area (Å²) in [7, 11) is 0. The Morgan fingerprint density at radius 2 is 1.91 bits per heavy atom. The van der Waals surface area contributed by atoms with Crippen LogP contribution in [0.1, 0.15) is 50.4 Å². The minimum absolute atomic E-state index is 0.107. The fourth-order valence-corrected chi connectivity index (χ4v) is 6.59. The molecular weight excluding hydrogens is 652 g/mol. The third-order valence-electron chi connectivity index (χ3n) is 6.63. The van der Waals surface area contributed by atoms with Crippen LogP contribution in [0.5, 0.6) is 11.5 Å². The average Bonchev–Trinajstić information content (AvgIpc) is 3.26. The SMILES string of the molecule is CCOC(=O)C1=C(C)N=c2s/c(=C\c3ccc(OCc4cccc(Cl)c4)c(Br)c3)c(=O)n2[C@@H]1c1ccccc1OC(C)C. The van der Waals surface area contributed by atoms with Crippen molar-refractivity contribution in [1.82, 2.24) is 4.57 Å². The van der Waals surface area contributed by atoms with Crippen molar-refractivity contribution in [2.24, 2.45) is 4.99 Å². The van der Waals surface area contributed by atoms with Crippen molar-refractivity contribution in [2.75, 3.05) is 6.61 Å². The number of fused-ring (bicyclic) bond motifs is 1. The molecule has 0 unspecified atom stereocenters. The van der Waals surface area contributed by atoms with Crippen molar-refractivity contribution < 1.29 is 19.0 Å². The first-order valence-corrected chi connectivity index (χ1v) is 15.8. The predicted molar refractivity (Wildman–Crippen MR) is 173 cm³/mol. The van der Waals surface area contributed by atoms with Crippen molar-refractivity contribution in [1.29, 1.82) is 0 Å². The maximum Gasteiger partial charge on any atom is 0.338 e. The second-order valence-electron chi connectivity index (χ2n) is 10.1. The van der Waals surface area contributed by atoms with Gasteiger partial charge in [-0.15, -0.1) is 0 Å². The Bertz CT molecular complexity index is 1900. The van der Waals surface area contributed by atoms with E-state index in [9.17, 15) is 9.59 Å². The first-order chi connectivity index (χ1) is 20.7. The smallest absolute Gasteiger partial charge is 0.338 e. The predicted octanol–water partition coefficient (Wildman–Crippen LogP) is 6.58. The van der Waals surface area contributed by atoms with Gasteiger partial charge in [-0.3, -0.25) is 9.36 Å². The van der Waals surface area contributed by atoms with E-state index in [4.69, 9.17) is 25.8 Å². The van der Waals surface area contributed by atoms with E-state index in [0.717, 1.165) is 15.6 Å². The summed E-state index contributed by atoms with van der Waals surface area (Å²) in [5, 5.41) is 0.653. The number of allylic oxidation sites excluding steroid dienone is 1. The lowest BCUT2D eigenvalue weighted by Gasteiger charge is -2.26. The normalized spacial score (nSPS) is 14.9. The summed E-state index contributed by atoms with van der Waals surface area (Å²) >= 11 is 11.0. The molecule has 1 aliphatic rings. The summed E-state index contributed by atoms with van der Waals surface area (Å²) in [6.07, 6.45) is 1.70. The molecule has 0 N–H and O–H groups in total. The van der Waals surface area contributed by atoms with Gasteiger partial charge in [0, 0.05) is 10.6 Å². The van der Waals surface area contributed by atoms with E-state index < -0.39 is 12.0 Å². The zero-order valence-corrected chi connectivity index (χ0v) is 27.3. The number of para-hydroxylation sites is 1. The van der Waals surface area contributed by atoms with Gasteiger partial charge in [0.25, 0.3) is 5.56 Å². The van der Waals surface area contributed by atoms with Crippen LogP contribution < -0.4 is 24.4 Å². The molecule has 7 nitrogen and oxygen atoms in total. The molecule has 222 valence electrons. The minimum atomic E-state index is -0.763. The van der Waals surface area contributed by atoms with Gasteiger partial charge in [-0.1, -0.05) is 59.3 Å². The van der Waals surface area contributed by atoms with E-state index in [1.165, 1.54) is 11.3 Å². The molecule has 43 heavy (non-hydrogen) atoms. The number of esters is 1. The Balaban J connectivity index is 1.56. The Labute approximate surface area is 266 Å². The molecule has 1 atom stereocenters. The molecule has 2 heterocycles. The largest absolute Gasteiger partial charge is 0.491 e. The monoisotopic (exact) mass is 680 g/mol. The van der Waals surface area contributed by atoms with Crippen molar-refractivity contribution in [2.45, 2.75) is 46.4 Å². The zero-order valence-electron chi connectivity index (χ0n) is 24.1. The number of hydrogen-bond donors (Lipinski definition) is 0. The van der Waals surface area contributed by atoms with Gasteiger partial charge >= 0.3 is 5.97 Å². The molecule has 3 aromatic carbocycles. The highest BCUT2D eigenvalue weighted by atomic mass is 79.9. The molecule has 4 aromatic rings. The number of ether oxygens (including phenoxy) is 3. The van der Waals surface area contributed by atoms with E-state index in [0.29, 0.717) is 49.3 Å². The van der Waals surface area contributed by atoms with E-state index in [2.05, 4.69) is 20.9 Å². The molecule has 10 heteroatoms. The maximum atomic E-state index is 14.0. The van der Waals surface area contributed by atoms with Crippen LogP contribution in [0.25, 0.3) is 6.08 Å². The quantitative estimate of drug-likeness (QED) is 0.187. The molecule has 0 amide bonds. The molecule has 5 rings (SSSR count). The first kappa shape index (κ1) is 30.8. The van der Waals surface area contributed by atoms with Crippen LogP contribution in [0.15, 0.2) is 92.3 Å². The highest BCUT2D eigenvalue weighted by molar-refractivity contribution is 9.10. The molecule has 1 aromatic heterocycles. The number of thiazole rings is 1. The standard InChI is InChI=1S/C33H30BrClN2O5S/c1-5-40-32(39)29-20(4)36-33-37(30(29)24-11-6-7-12-26(24)42-19(2)3)31(38)28(43-33)17-21-13-14-27(25(34)16-21)41-18-22-9-8-10-23(35)15-22/h6-17,19,30H,5,18H2,1-4H3/b28-17-/t30-/m1/s1. The van der Waals surface area contributed by atoms with Crippen LogP contribution in [0, 0.1) is 0 Å². The number of halogens is 2. The van der Waals surface area contributed by atoms with Gasteiger partial charge in [0.05, 0.1) is 33.0 Å². The second kappa shape index (κ2) is 13.3. The molecular formula is C33H30BrClN2O5S. The van der Waals surface area contributed by atoms with Gasteiger partial charge in [-0.2, -0.15) is 0 Å². The van der Waals surface area contributed by atoms with E-state index in [-0.39, 0.29) is 18.3 Å². The van der Waals surface area contributed by atoms with Crippen LogP contribution in [-0.4, -0.2) is 23.2 Å². The summed E-state index contributed by atoms with van der Waals surface area (Å²) in [5.74, 6) is 0.737. The third-order valence-corrected chi connectivity index (χ3v) is 8.47. The Morgan fingerprint density at radius 1 is 1.12 bits per heavy atom. The lowest BCUT2D eigenvalue weighted by molar-refractivity contribution is -0.139. The highest BCUT2D eigenvalue weighted by Crippen LogP contribution is 2.36. The fraction of sp³-hybridized carbons (Fsp3) is 0.242. The Kier molecular flexibility index (Phi) is 9.54. The number of hydrogen-bond acceptors (Lipinski definition) is 7. The number of carbonyl (C=O) groups is 1. The highest BCUT2D eigenvalue weighted by Gasteiger charge is 2.35. The summed E-state index contributed by atoms with van der Waals surface area (Å²) < 4.78 is 20.3. The van der Waals surface area contributed by atoms with Gasteiger partial charge in [-0.25, -0.2) is 9.79 Å². The van der Waals surface area contributed by atoms with Crippen LogP contribution in [0.2, 0.25) is 5.02 Å². The number of nitrogens with zero attached hydrogens (tertiary/aromatic N) is 2.